The van der Waals surface area contributed by atoms with Crippen molar-refractivity contribution in [2.45, 2.75) is 24.7 Å². The molecule has 0 heterocycles. The van der Waals surface area contributed by atoms with Crippen LogP contribution in [0, 0.1) is 0 Å². The summed E-state index contributed by atoms with van der Waals surface area (Å²) in [6.45, 7) is 0.970. The average Bonchev–Trinajstić information content (AvgIpc) is 3.06. The zero-order valence-electron chi connectivity index (χ0n) is 23.7. The van der Waals surface area contributed by atoms with Crippen molar-refractivity contribution in [2.24, 2.45) is 0 Å². The van der Waals surface area contributed by atoms with Crippen LogP contribution in [0.4, 0.5) is 0 Å². The summed E-state index contributed by atoms with van der Waals surface area (Å²) < 4.78 is 0. The number of hydrogen-bond acceptors (Lipinski definition) is 2. The monoisotopic (exact) mass is 552 g/mol. The van der Waals surface area contributed by atoms with Gasteiger partial charge in [0.05, 0.1) is 11.1 Å². The highest BCUT2D eigenvalue weighted by Gasteiger charge is 2.19. The molecule has 42 heavy (non-hydrogen) atoms. The van der Waals surface area contributed by atoms with Crippen molar-refractivity contribution in [1.29, 1.82) is 0 Å². The Kier molecular flexibility index (Phi) is 9.93. The molecule has 0 aliphatic heterocycles. The topological polar surface area (TPSA) is 58.2 Å². The fourth-order valence-corrected chi connectivity index (χ4v) is 5.52. The fraction of sp³-hybridized carbons (Fsp3) is 0.158. The number of carbonyl (C=O) groups excluding carboxylic acids is 2. The molecule has 0 saturated heterocycles. The van der Waals surface area contributed by atoms with Crippen LogP contribution in [0.5, 0.6) is 0 Å². The molecule has 0 atom stereocenters. The van der Waals surface area contributed by atoms with E-state index in [0.29, 0.717) is 24.2 Å². The molecule has 0 fully saturated rings. The van der Waals surface area contributed by atoms with Gasteiger partial charge >= 0.3 is 0 Å². The highest BCUT2D eigenvalue weighted by atomic mass is 16.2. The van der Waals surface area contributed by atoms with Gasteiger partial charge in [-0.25, -0.2) is 0 Å². The standard InChI is InChI=1S/C38H36N2O2/c41-37(39-27-25-33(29-15-5-1-6-16-29)30-17-7-2-8-18-30)35-23-13-14-24-36(35)38(42)40-28-26-34(31-19-9-3-10-20-31)32-21-11-4-12-22-32/h1-24,33-34H,25-28H2,(H,39,41)(H,40,42). The maximum absolute atomic E-state index is 13.3. The van der Waals surface area contributed by atoms with Gasteiger partial charge in [-0.05, 0) is 47.2 Å². The Bertz CT molecular complexity index is 1360. The van der Waals surface area contributed by atoms with Crippen LogP contribution in [-0.4, -0.2) is 24.9 Å². The third kappa shape index (κ3) is 7.41. The Hall–Kier alpha value is -4.96. The molecular formula is C38H36N2O2. The molecule has 5 aromatic carbocycles. The lowest BCUT2D eigenvalue weighted by Gasteiger charge is -2.19. The second-order valence-electron chi connectivity index (χ2n) is 10.4. The second kappa shape index (κ2) is 14.6. The van der Waals surface area contributed by atoms with Gasteiger partial charge in [-0.3, -0.25) is 9.59 Å². The molecule has 5 aromatic rings. The van der Waals surface area contributed by atoms with Crippen LogP contribution in [0.2, 0.25) is 0 Å². The van der Waals surface area contributed by atoms with Crippen LogP contribution >= 0.6 is 0 Å². The van der Waals surface area contributed by atoms with Crippen molar-refractivity contribution >= 4 is 11.8 Å². The van der Waals surface area contributed by atoms with Crippen LogP contribution in [0.1, 0.15) is 67.6 Å². The van der Waals surface area contributed by atoms with Crippen molar-refractivity contribution in [1.82, 2.24) is 10.6 Å². The minimum atomic E-state index is -0.243. The van der Waals surface area contributed by atoms with Crippen LogP contribution in [-0.2, 0) is 0 Å². The summed E-state index contributed by atoms with van der Waals surface area (Å²) in [7, 11) is 0. The van der Waals surface area contributed by atoms with Gasteiger partial charge in [-0.15, -0.1) is 0 Å². The van der Waals surface area contributed by atoms with E-state index in [2.05, 4.69) is 59.2 Å². The maximum atomic E-state index is 13.3. The molecule has 2 amide bonds. The normalized spacial score (nSPS) is 10.9. The van der Waals surface area contributed by atoms with Crippen molar-refractivity contribution in [2.75, 3.05) is 13.1 Å². The Balaban J connectivity index is 1.22. The number of amides is 2. The van der Waals surface area contributed by atoms with E-state index in [1.54, 1.807) is 24.3 Å². The predicted molar refractivity (Wildman–Crippen MR) is 170 cm³/mol. The van der Waals surface area contributed by atoms with E-state index in [0.717, 1.165) is 12.8 Å². The van der Waals surface area contributed by atoms with Gasteiger partial charge in [-0.1, -0.05) is 133 Å². The Morgan fingerprint density at radius 2 is 0.667 bits per heavy atom. The predicted octanol–water partition coefficient (Wildman–Crippen LogP) is 7.59. The van der Waals surface area contributed by atoms with Crippen LogP contribution in [0.3, 0.4) is 0 Å². The lowest BCUT2D eigenvalue weighted by atomic mass is 9.88. The molecule has 0 unspecified atom stereocenters. The van der Waals surface area contributed by atoms with Crippen LogP contribution < -0.4 is 10.6 Å². The highest BCUT2D eigenvalue weighted by molar-refractivity contribution is 6.07. The third-order valence-electron chi connectivity index (χ3n) is 7.66. The summed E-state index contributed by atoms with van der Waals surface area (Å²) in [6.07, 6.45) is 1.49. The maximum Gasteiger partial charge on any atom is 0.252 e. The van der Waals surface area contributed by atoms with E-state index in [9.17, 15) is 9.59 Å². The lowest BCUT2D eigenvalue weighted by molar-refractivity contribution is 0.0918. The Morgan fingerprint density at radius 1 is 0.405 bits per heavy atom. The largest absolute Gasteiger partial charge is 0.352 e. The Labute approximate surface area is 248 Å². The molecule has 0 aromatic heterocycles. The molecule has 4 heteroatoms. The van der Waals surface area contributed by atoms with Gasteiger partial charge < -0.3 is 10.6 Å². The number of rotatable bonds is 12. The van der Waals surface area contributed by atoms with Crippen molar-refractivity contribution in [3.8, 4) is 0 Å². The zero-order chi connectivity index (χ0) is 29.0. The van der Waals surface area contributed by atoms with Crippen LogP contribution in [0.25, 0.3) is 0 Å². The summed E-state index contributed by atoms with van der Waals surface area (Å²) in [4.78, 5) is 26.6. The second-order valence-corrected chi connectivity index (χ2v) is 10.4. The third-order valence-corrected chi connectivity index (χ3v) is 7.66. The summed E-state index contributed by atoms with van der Waals surface area (Å²) in [6, 6.07) is 48.4. The smallest absolute Gasteiger partial charge is 0.252 e. The van der Waals surface area contributed by atoms with Crippen LogP contribution in [0.15, 0.2) is 146 Å². The van der Waals surface area contributed by atoms with E-state index < -0.39 is 0 Å². The summed E-state index contributed by atoms with van der Waals surface area (Å²) >= 11 is 0. The van der Waals surface area contributed by atoms with Gasteiger partial charge in [-0.2, -0.15) is 0 Å². The summed E-state index contributed by atoms with van der Waals surface area (Å²) in [5, 5.41) is 6.13. The number of benzene rings is 5. The van der Waals surface area contributed by atoms with Gasteiger partial charge in [0.25, 0.3) is 11.8 Å². The van der Waals surface area contributed by atoms with E-state index in [1.165, 1.54) is 22.3 Å². The molecule has 210 valence electrons. The van der Waals surface area contributed by atoms with Crippen molar-refractivity contribution in [3.63, 3.8) is 0 Å². The van der Waals surface area contributed by atoms with Crippen molar-refractivity contribution in [3.05, 3.63) is 179 Å². The molecule has 0 aliphatic rings. The molecule has 5 rings (SSSR count). The van der Waals surface area contributed by atoms with Gasteiger partial charge in [0.2, 0.25) is 0 Å². The fourth-order valence-electron chi connectivity index (χ4n) is 5.52. The van der Waals surface area contributed by atoms with E-state index >= 15 is 0 Å². The first-order valence-electron chi connectivity index (χ1n) is 14.6. The molecule has 2 N–H and O–H groups in total. The molecule has 0 spiro atoms. The SMILES string of the molecule is O=C(NCCC(c1ccccc1)c1ccccc1)c1ccccc1C(=O)NCCC(c1ccccc1)c1ccccc1. The first-order chi connectivity index (χ1) is 20.7. The first kappa shape index (κ1) is 28.6. The van der Waals surface area contributed by atoms with E-state index in [4.69, 9.17) is 0 Å². The first-order valence-corrected chi connectivity index (χ1v) is 14.6. The highest BCUT2D eigenvalue weighted by Crippen LogP contribution is 2.28. The van der Waals surface area contributed by atoms with Crippen molar-refractivity contribution < 1.29 is 9.59 Å². The van der Waals surface area contributed by atoms with E-state index in [1.807, 2.05) is 72.8 Å². The molecule has 0 aliphatic carbocycles. The molecule has 0 radical (unpaired) electrons. The summed E-state index contributed by atoms with van der Waals surface area (Å²) in [5.41, 5.74) is 5.61. The summed E-state index contributed by atoms with van der Waals surface area (Å²) in [5.74, 6) is -0.166. The number of nitrogens with one attached hydrogen (secondary N) is 2. The average molecular weight is 553 g/mol. The number of hydrogen-bond donors (Lipinski definition) is 2. The van der Waals surface area contributed by atoms with Gasteiger partial charge in [0.1, 0.15) is 0 Å². The lowest BCUT2D eigenvalue weighted by Crippen LogP contribution is -2.31. The molecule has 0 saturated carbocycles. The molecule has 4 nitrogen and oxygen atoms in total. The van der Waals surface area contributed by atoms with Gasteiger partial charge in [0.15, 0.2) is 0 Å². The molecular weight excluding hydrogens is 516 g/mol. The Morgan fingerprint density at radius 3 is 0.952 bits per heavy atom. The minimum absolute atomic E-state index is 0.161. The zero-order valence-corrected chi connectivity index (χ0v) is 23.7. The molecule has 0 bridgehead atoms. The quantitative estimate of drug-likeness (QED) is 0.168. The van der Waals surface area contributed by atoms with Gasteiger partial charge in [0, 0.05) is 24.9 Å². The van der Waals surface area contributed by atoms with E-state index in [-0.39, 0.29) is 23.7 Å². The minimum Gasteiger partial charge on any atom is -0.352 e. The number of carbonyl (C=O) groups is 2.